The number of hydrogen-bond acceptors (Lipinski definition) is 9. The summed E-state index contributed by atoms with van der Waals surface area (Å²) < 4.78 is 8.00. The first-order chi connectivity index (χ1) is 14.0. The van der Waals surface area contributed by atoms with Gasteiger partial charge in [-0.05, 0) is 24.4 Å². The van der Waals surface area contributed by atoms with Crippen LogP contribution in [0.25, 0.3) is 0 Å². The highest BCUT2D eigenvalue weighted by Gasteiger charge is 2.16. The average molecular weight is 429 g/mol. The summed E-state index contributed by atoms with van der Waals surface area (Å²) in [5.74, 6) is -1.31. The maximum Gasteiger partial charge on any atom is 0.322 e. The second-order valence-electron chi connectivity index (χ2n) is 6.09. The molecule has 1 aromatic rings. The van der Waals surface area contributed by atoms with E-state index in [0.29, 0.717) is 31.1 Å². The molecule has 0 aliphatic rings. The summed E-state index contributed by atoms with van der Waals surface area (Å²) >= 11 is 1.12. The molecular weight excluding hydrogens is 400 g/mol. The number of para-hydroxylation sites is 1. The summed E-state index contributed by atoms with van der Waals surface area (Å²) in [5.41, 5.74) is 0.0128. The molecule has 0 saturated carbocycles. The van der Waals surface area contributed by atoms with E-state index in [1.807, 2.05) is 6.92 Å². The average Bonchev–Trinajstić information content (AvgIpc) is 2.69. The lowest BCUT2D eigenvalue weighted by atomic mass is 10.3. The fourth-order valence-corrected chi connectivity index (χ4v) is 2.96. The Morgan fingerprint density at radius 3 is 2.72 bits per heavy atom. The van der Waals surface area contributed by atoms with Crippen LogP contribution in [0.15, 0.2) is 29.2 Å². The van der Waals surface area contributed by atoms with Crippen molar-refractivity contribution in [1.29, 1.82) is 0 Å². The van der Waals surface area contributed by atoms with E-state index in [2.05, 4.69) is 15.4 Å². The lowest BCUT2D eigenvalue weighted by Crippen LogP contribution is -2.46. The first-order valence-corrected chi connectivity index (χ1v) is 10.2. The Kier molecular flexibility index (Phi) is 12.6. The van der Waals surface area contributed by atoms with Gasteiger partial charge in [-0.1, -0.05) is 25.5 Å². The van der Waals surface area contributed by atoms with E-state index < -0.39 is 16.9 Å². The minimum atomic E-state index is -1.01. The molecule has 0 aliphatic carbocycles. The molecule has 0 radical (unpaired) electrons. The van der Waals surface area contributed by atoms with Crippen molar-refractivity contribution < 1.29 is 24.4 Å². The lowest BCUT2D eigenvalue weighted by molar-refractivity contribution is -0.387. The molecule has 0 bridgehead atoms. The quantitative estimate of drug-likeness (QED) is 0.101. The van der Waals surface area contributed by atoms with Gasteiger partial charge in [-0.25, -0.2) is 0 Å². The van der Waals surface area contributed by atoms with E-state index in [4.69, 9.17) is 4.74 Å². The van der Waals surface area contributed by atoms with Crippen molar-refractivity contribution in [2.45, 2.75) is 37.1 Å². The minimum Gasteiger partial charge on any atom is -0.480 e. The second kappa shape index (κ2) is 14.7. The number of nitrogens with zero attached hydrogens (tertiary/aromatic N) is 1. The Hall–Kier alpha value is -2.21. The van der Waals surface area contributed by atoms with Gasteiger partial charge >= 0.3 is 11.9 Å². The van der Waals surface area contributed by atoms with Gasteiger partial charge in [0.2, 0.25) is 0 Å². The molecule has 10 nitrogen and oxygen atoms in total. The topological polar surface area (TPSA) is 143 Å². The molecule has 4 N–H and O–H groups in total. The summed E-state index contributed by atoms with van der Waals surface area (Å²) in [7, 11) is 0. The van der Waals surface area contributed by atoms with Crippen molar-refractivity contribution in [3.05, 3.63) is 34.4 Å². The number of benzene rings is 1. The molecule has 0 spiro atoms. The van der Waals surface area contributed by atoms with Crippen LogP contribution in [0, 0.1) is 10.1 Å². The molecular formula is C18H28N4O6S. The number of carboxylic acid groups (broad SMARTS) is 1. The van der Waals surface area contributed by atoms with Gasteiger partial charge in [0.1, 0.15) is 10.9 Å². The minimum absolute atomic E-state index is 0.0128. The van der Waals surface area contributed by atoms with Gasteiger partial charge in [0, 0.05) is 32.2 Å². The molecule has 1 aromatic carbocycles. The third-order valence-electron chi connectivity index (χ3n) is 3.78. The molecule has 0 aromatic heterocycles. The monoisotopic (exact) mass is 428 g/mol. The summed E-state index contributed by atoms with van der Waals surface area (Å²) in [5, 5.41) is 26.0. The number of rotatable bonds is 16. The van der Waals surface area contributed by atoms with Crippen molar-refractivity contribution in [3.8, 4) is 0 Å². The van der Waals surface area contributed by atoms with Gasteiger partial charge < -0.3 is 20.5 Å². The van der Waals surface area contributed by atoms with Crippen LogP contribution >= 0.6 is 11.9 Å². The summed E-state index contributed by atoms with van der Waals surface area (Å²) in [6, 6.07) is 5.55. The van der Waals surface area contributed by atoms with E-state index in [1.54, 1.807) is 18.2 Å². The number of carbonyl (C=O) groups excluding carboxylic acids is 1. The molecule has 1 atom stereocenters. The Bertz CT molecular complexity index is 661. The van der Waals surface area contributed by atoms with Crippen molar-refractivity contribution >= 4 is 29.6 Å². The number of unbranched alkanes of at least 4 members (excludes halogenated alkanes) is 1. The van der Waals surface area contributed by atoms with Crippen LogP contribution in [0.3, 0.4) is 0 Å². The van der Waals surface area contributed by atoms with E-state index in [9.17, 15) is 24.8 Å². The Morgan fingerprint density at radius 1 is 1.28 bits per heavy atom. The summed E-state index contributed by atoms with van der Waals surface area (Å²) in [4.78, 5) is 33.8. The van der Waals surface area contributed by atoms with Crippen molar-refractivity contribution in [2.24, 2.45) is 0 Å². The van der Waals surface area contributed by atoms with Crippen LogP contribution in [0.5, 0.6) is 0 Å². The van der Waals surface area contributed by atoms with Crippen LogP contribution in [0.1, 0.15) is 26.2 Å². The van der Waals surface area contributed by atoms with Gasteiger partial charge in [0.15, 0.2) is 0 Å². The fourth-order valence-electron chi connectivity index (χ4n) is 2.21. The zero-order valence-electron chi connectivity index (χ0n) is 16.4. The van der Waals surface area contributed by atoms with Gasteiger partial charge in [-0.3, -0.25) is 24.4 Å². The fraction of sp³-hybridized carbons (Fsp3) is 0.556. The predicted octanol–water partition coefficient (Wildman–Crippen LogP) is 1.56. The molecule has 0 aliphatic heterocycles. The second-order valence-corrected chi connectivity index (χ2v) is 7.03. The Labute approximate surface area is 174 Å². The van der Waals surface area contributed by atoms with Crippen LogP contribution in [0.2, 0.25) is 0 Å². The first-order valence-electron chi connectivity index (χ1n) is 9.41. The number of hydrogen-bond donors (Lipinski definition) is 4. The van der Waals surface area contributed by atoms with Gasteiger partial charge in [-0.15, -0.1) is 0 Å². The first kappa shape index (κ1) is 24.8. The highest BCUT2D eigenvalue weighted by Crippen LogP contribution is 2.26. The normalized spacial score (nSPS) is 11.8. The maximum absolute atomic E-state index is 11.5. The van der Waals surface area contributed by atoms with E-state index in [-0.39, 0.29) is 24.6 Å². The summed E-state index contributed by atoms with van der Waals surface area (Å²) in [6.45, 7) is 3.67. The van der Waals surface area contributed by atoms with Crippen molar-refractivity contribution in [1.82, 2.24) is 15.4 Å². The highest BCUT2D eigenvalue weighted by atomic mass is 32.2. The molecule has 0 amide bonds. The standard InChI is InChI=1S/C18H28N4O6S/c1-2-3-12-28-17(23)8-9-19-13-14(18(24)25)20-10-11-21-29-16-7-5-4-6-15(16)22(26)27/h4-7,14,19-21H,2-3,8-13H2,1H3,(H,24,25). The van der Waals surface area contributed by atoms with Gasteiger partial charge in [-0.2, -0.15) is 0 Å². The van der Waals surface area contributed by atoms with Crippen LogP contribution < -0.4 is 15.4 Å². The molecule has 0 saturated heterocycles. The highest BCUT2D eigenvalue weighted by molar-refractivity contribution is 7.97. The smallest absolute Gasteiger partial charge is 0.322 e. The third kappa shape index (κ3) is 10.8. The number of nitro groups is 1. The van der Waals surface area contributed by atoms with Crippen LogP contribution in [0.4, 0.5) is 5.69 Å². The van der Waals surface area contributed by atoms with E-state index >= 15 is 0 Å². The molecule has 0 heterocycles. The zero-order chi connectivity index (χ0) is 21.5. The number of carboxylic acids is 1. The third-order valence-corrected chi connectivity index (χ3v) is 4.69. The Balaban J connectivity index is 2.22. The van der Waals surface area contributed by atoms with Crippen molar-refractivity contribution in [3.63, 3.8) is 0 Å². The van der Waals surface area contributed by atoms with E-state index in [0.717, 1.165) is 24.8 Å². The number of aliphatic carboxylic acids is 1. The van der Waals surface area contributed by atoms with Gasteiger partial charge in [0.05, 0.1) is 18.0 Å². The molecule has 29 heavy (non-hydrogen) atoms. The zero-order valence-corrected chi connectivity index (χ0v) is 17.2. The molecule has 0 fully saturated rings. The van der Waals surface area contributed by atoms with Crippen LogP contribution in [-0.4, -0.2) is 60.8 Å². The molecule has 1 unspecified atom stereocenters. The number of nitro benzene ring substituents is 1. The largest absolute Gasteiger partial charge is 0.480 e. The molecule has 11 heteroatoms. The Morgan fingerprint density at radius 2 is 2.03 bits per heavy atom. The molecule has 1 rings (SSSR count). The predicted molar refractivity (Wildman–Crippen MR) is 110 cm³/mol. The number of ether oxygens (including phenoxy) is 1. The number of carbonyl (C=O) groups is 2. The van der Waals surface area contributed by atoms with Crippen LogP contribution in [-0.2, 0) is 14.3 Å². The lowest BCUT2D eigenvalue weighted by Gasteiger charge is -2.15. The number of esters is 1. The number of nitrogens with one attached hydrogen (secondary N) is 3. The van der Waals surface area contributed by atoms with Gasteiger partial charge in [0.25, 0.3) is 5.69 Å². The summed E-state index contributed by atoms with van der Waals surface area (Å²) in [6.07, 6.45) is 1.96. The molecule has 162 valence electrons. The SMILES string of the molecule is CCCCOC(=O)CCNCC(NCCNSc1ccccc1[N+](=O)[O-])C(=O)O. The maximum atomic E-state index is 11.5. The van der Waals surface area contributed by atoms with Crippen molar-refractivity contribution in [2.75, 3.05) is 32.8 Å². The van der Waals surface area contributed by atoms with E-state index in [1.165, 1.54) is 6.07 Å².